The van der Waals surface area contributed by atoms with Crippen molar-refractivity contribution in [3.05, 3.63) is 46.8 Å². The first-order chi connectivity index (χ1) is 10.1. The average Bonchev–Trinajstić information content (AvgIpc) is 3.04. The highest BCUT2D eigenvalue weighted by Crippen LogP contribution is 2.32. The number of nitrogens with zero attached hydrogens (tertiary/aromatic N) is 1. The normalized spacial score (nSPS) is 12.5. The van der Waals surface area contributed by atoms with E-state index in [0.29, 0.717) is 6.54 Å². The molecular formula is C16H18N2O3. The molecular weight excluding hydrogens is 268 g/mol. The number of nitrogens with one attached hydrogen (secondary N) is 1. The number of rotatable bonds is 3. The molecule has 0 aliphatic carbocycles. The van der Waals surface area contributed by atoms with Crippen LogP contribution in [-0.2, 0) is 13.6 Å². The van der Waals surface area contributed by atoms with Crippen molar-refractivity contribution in [1.29, 1.82) is 0 Å². The first-order valence-corrected chi connectivity index (χ1v) is 6.86. The van der Waals surface area contributed by atoms with Gasteiger partial charge in [0.1, 0.15) is 0 Å². The fourth-order valence-corrected chi connectivity index (χ4v) is 2.41. The number of fused-ring (bicyclic) bond motifs is 1. The maximum absolute atomic E-state index is 12.3. The summed E-state index contributed by atoms with van der Waals surface area (Å²) in [5.41, 5.74) is 3.74. The second kappa shape index (κ2) is 5.16. The Balaban J connectivity index is 1.70. The van der Waals surface area contributed by atoms with E-state index in [4.69, 9.17) is 9.47 Å². The van der Waals surface area contributed by atoms with Crippen molar-refractivity contribution >= 4 is 5.91 Å². The lowest BCUT2D eigenvalue weighted by Gasteiger charge is -2.06. The molecule has 5 heteroatoms. The molecule has 110 valence electrons. The standard InChI is InChI=1S/C16H18N2O3/c1-10-6-13(11(2)18(10)3)16(19)17-8-12-4-5-14-15(7-12)21-9-20-14/h4-7H,8-9H2,1-3H3,(H,17,19). The van der Waals surface area contributed by atoms with Gasteiger partial charge in [-0.2, -0.15) is 0 Å². The summed E-state index contributed by atoms with van der Waals surface area (Å²) in [6, 6.07) is 7.59. The molecule has 2 aromatic rings. The van der Waals surface area contributed by atoms with Crippen molar-refractivity contribution in [1.82, 2.24) is 9.88 Å². The van der Waals surface area contributed by atoms with Gasteiger partial charge in [0.25, 0.3) is 5.91 Å². The Morgan fingerprint density at radius 3 is 2.71 bits per heavy atom. The molecule has 5 nitrogen and oxygen atoms in total. The Kier molecular flexibility index (Phi) is 3.33. The lowest BCUT2D eigenvalue weighted by atomic mass is 10.2. The van der Waals surface area contributed by atoms with Crippen LogP contribution in [0.1, 0.15) is 27.3 Å². The van der Waals surface area contributed by atoms with Gasteiger partial charge < -0.3 is 19.4 Å². The van der Waals surface area contributed by atoms with Crippen LogP contribution < -0.4 is 14.8 Å². The van der Waals surface area contributed by atoms with Crippen LogP contribution in [0.4, 0.5) is 0 Å². The van der Waals surface area contributed by atoms with Gasteiger partial charge in [-0.3, -0.25) is 4.79 Å². The van der Waals surface area contributed by atoms with Crippen LogP contribution in [-0.4, -0.2) is 17.3 Å². The van der Waals surface area contributed by atoms with Gasteiger partial charge in [-0.1, -0.05) is 6.07 Å². The highest BCUT2D eigenvalue weighted by Gasteiger charge is 2.15. The topological polar surface area (TPSA) is 52.5 Å². The highest BCUT2D eigenvalue weighted by molar-refractivity contribution is 5.95. The number of amides is 1. The SMILES string of the molecule is Cc1cc(C(=O)NCc2ccc3c(c2)OCO3)c(C)n1C. The third kappa shape index (κ3) is 2.46. The molecule has 1 aliphatic heterocycles. The van der Waals surface area contributed by atoms with E-state index in [-0.39, 0.29) is 12.7 Å². The Morgan fingerprint density at radius 2 is 2.00 bits per heavy atom. The summed E-state index contributed by atoms with van der Waals surface area (Å²) in [5, 5.41) is 2.94. The number of carbonyl (C=O) groups is 1. The number of aromatic nitrogens is 1. The monoisotopic (exact) mass is 286 g/mol. The fraction of sp³-hybridized carbons (Fsp3) is 0.312. The average molecular weight is 286 g/mol. The molecule has 21 heavy (non-hydrogen) atoms. The van der Waals surface area contributed by atoms with Gasteiger partial charge in [-0.25, -0.2) is 0 Å². The molecule has 0 unspecified atom stereocenters. The maximum atomic E-state index is 12.3. The van der Waals surface area contributed by atoms with Crippen molar-refractivity contribution < 1.29 is 14.3 Å². The van der Waals surface area contributed by atoms with Gasteiger partial charge in [-0.15, -0.1) is 0 Å². The molecule has 0 saturated carbocycles. The van der Waals surface area contributed by atoms with Gasteiger partial charge >= 0.3 is 0 Å². The maximum Gasteiger partial charge on any atom is 0.253 e. The molecule has 0 atom stereocenters. The van der Waals surface area contributed by atoms with Crippen LogP contribution in [0.2, 0.25) is 0 Å². The smallest absolute Gasteiger partial charge is 0.253 e. The quantitative estimate of drug-likeness (QED) is 0.942. The summed E-state index contributed by atoms with van der Waals surface area (Å²) < 4.78 is 12.6. The van der Waals surface area contributed by atoms with Gasteiger partial charge in [0, 0.05) is 25.0 Å². The minimum Gasteiger partial charge on any atom is -0.454 e. The minimum absolute atomic E-state index is 0.0612. The first kappa shape index (κ1) is 13.5. The number of benzene rings is 1. The van der Waals surface area contributed by atoms with Crippen molar-refractivity contribution in [2.24, 2.45) is 7.05 Å². The Hall–Kier alpha value is -2.43. The molecule has 1 amide bonds. The Morgan fingerprint density at radius 1 is 1.24 bits per heavy atom. The van der Waals surface area contributed by atoms with E-state index < -0.39 is 0 Å². The van der Waals surface area contributed by atoms with Gasteiger partial charge in [-0.05, 0) is 37.6 Å². The summed E-state index contributed by atoms with van der Waals surface area (Å²) in [6.07, 6.45) is 0. The van der Waals surface area contributed by atoms with Crippen LogP contribution in [0.5, 0.6) is 11.5 Å². The third-order valence-electron chi connectivity index (χ3n) is 3.91. The van der Waals surface area contributed by atoms with Crippen molar-refractivity contribution in [3.63, 3.8) is 0 Å². The summed E-state index contributed by atoms with van der Waals surface area (Å²) in [6.45, 7) is 4.65. The lowest BCUT2D eigenvalue weighted by molar-refractivity contribution is 0.0950. The Labute approximate surface area is 123 Å². The molecule has 0 saturated heterocycles. The van der Waals surface area contributed by atoms with Crippen LogP contribution in [0.15, 0.2) is 24.3 Å². The molecule has 1 N–H and O–H groups in total. The van der Waals surface area contributed by atoms with Crippen molar-refractivity contribution in [2.75, 3.05) is 6.79 Å². The zero-order valence-electron chi connectivity index (χ0n) is 12.4. The predicted molar refractivity (Wildman–Crippen MR) is 78.6 cm³/mol. The molecule has 0 bridgehead atoms. The van der Waals surface area contributed by atoms with E-state index in [1.54, 1.807) is 0 Å². The Bertz CT molecular complexity index is 704. The molecule has 1 aromatic heterocycles. The van der Waals surface area contributed by atoms with Gasteiger partial charge in [0.05, 0.1) is 5.56 Å². The molecule has 0 fully saturated rings. The third-order valence-corrected chi connectivity index (χ3v) is 3.91. The fourth-order valence-electron chi connectivity index (χ4n) is 2.41. The van der Waals surface area contributed by atoms with Crippen LogP contribution >= 0.6 is 0 Å². The van der Waals surface area contributed by atoms with Crippen LogP contribution in [0.3, 0.4) is 0 Å². The van der Waals surface area contributed by atoms with E-state index in [1.165, 1.54) is 0 Å². The number of ether oxygens (including phenoxy) is 2. The number of carbonyl (C=O) groups excluding carboxylic acids is 1. The lowest BCUT2D eigenvalue weighted by Crippen LogP contribution is -2.23. The number of hydrogen-bond donors (Lipinski definition) is 1. The van der Waals surface area contributed by atoms with Gasteiger partial charge in [0.2, 0.25) is 6.79 Å². The molecule has 1 aromatic carbocycles. The zero-order valence-corrected chi connectivity index (χ0v) is 12.4. The second-order valence-corrected chi connectivity index (χ2v) is 5.21. The number of hydrogen-bond acceptors (Lipinski definition) is 3. The molecule has 0 radical (unpaired) electrons. The molecule has 0 spiro atoms. The van der Waals surface area contributed by atoms with Crippen molar-refractivity contribution in [2.45, 2.75) is 20.4 Å². The van der Waals surface area contributed by atoms with Crippen molar-refractivity contribution in [3.8, 4) is 11.5 Å². The van der Waals surface area contributed by atoms with Gasteiger partial charge in [0.15, 0.2) is 11.5 Å². The summed E-state index contributed by atoms with van der Waals surface area (Å²) in [5.74, 6) is 1.42. The predicted octanol–water partition coefficient (Wildman–Crippen LogP) is 2.30. The first-order valence-electron chi connectivity index (χ1n) is 6.86. The van der Waals surface area contributed by atoms with E-state index in [9.17, 15) is 4.79 Å². The van der Waals surface area contributed by atoms with Crippen LogP contribution in [0, 0.1) is 13.8 Å². The molecule has 1 aliphatic rings. The largest absolute Gasteiger partial charge is 0.454 e. The van der Waals surface area contributed by atoms with E-state index in [0.717, 1.165) is 34.0 Å². The summed E-state index contributed by atoms with van der Waals surface area (Å²) in [4.78, 5) is 12.3. The van der Waals surface area contributed by atoms with E-state index in [2.05, 4.69) is 5.32 Å². The summed E-state index contributed by atoms with van der Waals surface area (Å²) in [7, 11) is 1.96. The van der Waals surface area contributed by atoms with Crippen LogP contribution in [0.25, 0.3) is 0 Å². The second-order valence-electron chi connectivity index (χ2n) is 5.21. The molecule has 3 rings (SSSR count). The molecule has 2 heterocycles. The summed E-state index contributed by atoms with van der Waals surface area (Å²) >= 11 is 0. The number of aryl methyl sites for hydroxylation is 1. The zero-order chi connectivity index (χ0) is 15.0. The van der Waals surface area contributed by atoms with E-state index >= 15 is 0 Å². The van der Waals surface area contributed by atoms with E-state index in [1.807, 2.05) is 49.7 Å². The highest BCUT2D eigenvalue weighted by atomic mass is 16.7. The minimum atomic E-state index is -0.0612.